The van der Waals surface area contributed by atoms with Gasteiger partial charge in [-0.05, 0) is 258 Å². The molecule has 0 saturated heterocycles. The maximum atomic E-state index is 13.3. The number of hydrogen-bond donors (Lipinski definition) is 13. The first-order chi connectivity index (χ1) is 70.2. The summed E-state index contributed by atoms with van der Waals surface area (Å²) < 4.78 is 62.1. The molecule has 6 aliphatic heterocycles. The van der Waals surface area contributed by atoms with Crippen LogP contribution < -0.4 is 50.8 Å². The van der Waals surface area contributed by atoms with Gasteiger partial charge < -0.3 is 85.4 Å². The number of amides is 2. The number of aliphatic carboxylic acids is 1. The van der Waals surface area contributed by atoms with Crippen LogP contribution in [-0.2, 0) is 56.1 Å². The quantitative estimate of drug-likeness (QED) is 0.0485. The topological polar surface area (TPSA) is 261 Å². The number of halogens is 7. The van der Waals surface area contributed by atoms with Crippen LogP contribution in [0.4, 0.5) is 23.7 Å². The molecule has 27 heteroatoms. The van der Waals surface area contributed by atoms with E-state index in [4.69, 9.17) is 53.8 Å². The van der Waals surface area contributed by atoms with Crippen molar-refractivity contribution in [3.63, 3.8) is 0 Å². The largest absolute Gasteiger partial charge is 0.497 e. The molecule has 13 aromatic carbocycles. The summed E-state index contributed by atoms with van der Waals surface area (Å²) in [6, 6.07) is 97.7. The predicted octanol–water partition coefficient (Wildman–Crippen LogP) is 26.5. The van der Waals surface area contributed by atoms with Crippen molar-refractivity contribution >= 4 is 134 Å². The third-order valence-electron chi connectivity index (χ3n) is 28.0. The lowest BCUT2D eigenvalue weighted by Crippen LogP contribution is -2.44. The summed E-state index contributed by atoms with van der Waals surface area (Å²) in [6.07, 6.45) is 1.97. The number of para-hydroxylation sites is 3. The van der Waals surface area contributed by atoms with E-state index in [-0.39, 0.29) is 36.2 Å². The monoisotopic (exact) mass is 2050 g/mol. The standard InChI is InChI=1S/C25H23N3O2.C24H22N2O.C19H17BrN2O3.C18H14ClF3N2.C18H17ClN2O.C13H15ClN2/c1-30-19-13-11-17(12-14-19)24-23-21(20-9-5-6-10-22(20)27-23)15-16-28(24)25(29)26-18-7-3-2-4-8-18;1-3-7-17(8-4-1)16-27-19-11-12-22-21(15-19)20-13-14-25-23(24(20)26-22)18-9-5-2-6-10-18;1-25-12-5-2-10(3-6-12)17-18-14(9-16(22-17)19(23)24)13-8-11(20)4-7-15(13)21-18;19-12-4-5-15-14(9-12)13-6-7-23-16(17(13)24-15)10-2-1-3-11(8-10)18(20,21)22;1-22-16-5-3-2-4-13(16)17-18-12(8-9-20-17)14-10-11(19)6-7-15(14)21-18;1-2-11-13-9(5-6-15-11)10-7-8(14)3-4-12(10)16-13/h2-14,24,27H,15-16H2,1H3,(H,26,29);1-12,15,23,25-26H,13-14,16H2;2-8,16-17,21-22H,9H2,1H3,(H,23,24);1-5,8-9,16,23-24H,6-7H2;2-7,10,17,20-21H,8-9H2,1H3;3-4,7,11,15-16H,2,5-6H2,1H3. The number of nitrogens with zero attached hydrogens (tertiary/aromatic N) is 1. The van der Waals surface area contributed by atoms with Crippen LogP contribution in [0.25, 0.3) is 65.4 Å². The molecule has 0 aliphatic carbocycles. The lowest BCUT2D eigenvalue weighted by Gasteiger charge is -2.36. The van der Waals surface area contributed by atoms with Gasteiger partial charge in [-0.1, -0.05) is 209 Å². The van der Waals surface area contributed by atoms with Crippen molar-refractivity contribution in [2.24, 2.45) is 0 Å². The van der Waals surface area contributed by atoms with Crippen LogP contribution in [-0.4, -0.2) is 112 Å². The van der Waals surface area contributed by atoms with Gasteiger partial charge in [0.05, 0.1) is 57.1 Å². The van der Waals surface area contributed by atoms with Crippen LogP contribution in [0.2, 0.25) is 15.1 Å². The van der Waals surface area contributed by atoms with Crippen LogP contribution in [0, 0.1) is 0 Å². The van der Waals surface area contributed by atoms with Gasteiger partial charge in [-0.25, -0.2) is 4.79 Å². The molecule has 144 heavy (non-hydrogen) atoms. The zero-order valence-corrected chi connectivity index (χ0v) is 83.4. The van der Waals surface area contributed by atoms with Gasteiger partial charge in [-0.3, -0.25) is 10.1 Å². The molecule has 0 saturated carbocycles. The van der Waals surface area contributed by atoms with Gasteiger partial charge in [0.15, 0.2) is 0 Å². The normalized spacial score (nSPS) is 17.6. The summed E-state index contributed by atoms with van der Waals surface area (Å²) >= 11 is 21.8. The molecular weight excluding hydrogens is 1940 g/mol. The van der Waals surface area contributed by atoms with Gasteiger partial charge in [0.1, 0.15) is 35.6 Å². The van der Waals surface area contributed by atoms with Crippen molar-refractivity contribution in [3.05, 3.63) is 429 Å². The first-order valence-electron chi connectivity index (χ1n) is 48.5. The zero-order chi connectivity index (χ0) is 99.2. The maximum Gasteiger partial charge on any atom is 0.416 e. The summed E-state index contributed by atoms with van der Waals surface area (Å²) in [5, 5.41) is 39.4. The number of benzene rings is 13. The van der Waals surface area contributed by atoms with E-state index in [2.05, 4.69) is 194 Å². The molecule has 20 nitrogen and oxygen atoms in total. The van der Waals surface area contributed by atoms with E-state index in [1.54, 1.807) is 33.5 Å². The lowest BCUT2D eigenvalue weighted by molar-refractivity contribution is -0.140. The van der Waals surface area contributed by atoms with Crippen molar-refractivity contribution in [2.75, 3.05) is 59.4 Å². The number of urea groups is 1. The lowest BCUT2D eigenvalue weighted by atomic mass is 9.90. The zero-order valence-electron chi connectivity index (χ0n) is 79.6. The van der Waals surface area contributed by atoms with Gasteiger partial charge in [0.2, 0.25) is 0 Å². The van der Waals surface area contributed by atoms with E-state index < -0.39 is 23.8 Å². The molecule has 2 amide bonds. The molecule has 6 aromatic heterocycles. The van der Waals surface area contributed by atoms with Crippen LogP contribution >= 0.6 is 50.7 Å². The number of fused-ring (bicyclic) bond motifs is 18. The molecular formula is C117H108BrCl3F3N13O7. The molecule has 13 N–H and O–H groups in total. The number of alkyl halides is 3. The summed E-state index contributed by atoms with van der Waals surface area (Å²) in [4.78, 5) is 48.0. The molecule has 7 atom stereocenters. The number of carboxylic acid groups (broad SMARTS) is 1. The van der Waals surface area contributed by atoms with Crippen LogP contribution in [0.5, 0.6) is 23.0 Å². The minimum atomic E-state index is -4.35. The third kappa shape index (κ3) is 20.8. The smallest absolute Gasteiger partial charge is 0.416 e. The number of rotatable bonds is 14. The molecule has 6 aliphatic rings. The van der Waals surface area contributed by atoms with Crippen LogP contribution in [0.3, 0.4) is 0 Å². The SMILES string of the molecule is CCC1NCCc2c1[nH]c1ccc(Cl)cc21.COc1ccc(C2NC(C(=O)O)Cc3c2[nH]c2ccc(Br)cc32)cc1.COc1ccc(C2c3[nH]c4ccccc4c3CCN2C(=O)Nc2ccccc2)cc1.COc1ccccc1C1NCCc2c1[nH]c1ccc(Cl)cc21.FC(F)(F)c1cccc(C2NCCc3c2[nH]c2ccc(Cl)cc32)c1.c1ccc(COc2ccc3[nH]c4c(c3c2)CCNC4c2ccccc2)cc1. The Morgan fingerprint density at radius 1 is 0.417 bits per heavy atom. The van der Waals surface area contributed by atoms with Gasteiger partial charge >= 0.3 is 18.2 Å². The van der Waals surface area contributed by atoms with Crippen molar-refractivity contribution in [2.45, 2.75) is 107 Å². The second-order valence-electron chi connectivity index (χ2n) is 36.6. The number of aromatic nitrogens is 6. The van der Waals surface area contributed by atoms with Gasteiger partial charge in [0, 0.05) is 169 Å². The number of ether oxygens (including phenoxy) is 4. The average molecular weight is 2050 g/mol. The summed E-state index contributed by atoms with van der Waals surface area (Å²) in [5.41, 5.74) is 27.6. The highest BCUT2D eigenvalue weighted by atomic mass is 79.9. The Morgan fingerprint density at radius 3 is 1.45 bits per heavy atom. The number of anilines is 1. The van der Waals surface area contributed by atoms with Crippen LogP contribution in [0.1, 0.15) is 156 Å². The van der Waals surface area contributed by atoms with E-state index in [0.29, 0.717) is 42.7 Å². The Morgan fingerprint density at radius 2 is 0.868 bits per heavy atom. The molecule has 0 bridgehead atoms. The highest BCUT2D eigenvalue weighted by molar-refractivity contribution is 9.10. The van der Waals surface area contributed by atoms with E-state index >= 15 is 0 Å². The number of carbonyl (C=O) groups is 2. The Bertz CT molecular complexity index is 7830. The maximum absolute atomic E-state index is 13.3. The number of H-pyrrole nitrogens is 6. The number of carboxylic acids is 1. The van der Waals surface area contributed by atoms with Gasteiger partial charge in [-0.2, -0.15) is 13.2 Å². The number of carbonyl (C=O) groups excluding carboxylic acids is 1. The summed E-state index contributed by atoms with van der Waals surface area (Å²) in [5.74, 6) is 2.56. The van der Waals surface area contributed by atoms with E-state index in [1.807, 2.05) is 169 Å². The van der Waals surface area contributed by atoms with Crippen molar-refractivity contribution in [1.82, 2.24) is 61.4 Å². The van der Waals surface area contributed by atoms with Gasteiger partial charge in [-0.15, -0.1) is 0 Å². The molecule has 19 aromatic rings. The molecule has 12 heterocycles. The minimum Gasteiger partial charge on any atom is -0.497 e. The van der Waals surface area contributed by atoms with E-state index in [0.717, 1.165) is 185 Å². The fraction of sp³-hybridized carbons (Fsp3) is 0.214. The fourth-order valence-electron chi connectivity index (χ4n) is 21.1. The van der Waals surface area contributed by atoms with Crippen molar-refractivity contribution < 1.29 is 46.8 Å². The predicted molar refractivity (Wildman–Crippen MR) is 573 cm³/mol. The number of methoxy groups -OCH3 is 3. The van der Waals surface area contributed by atoms with Crippen molar-refractivity contribution in [3.8, 4) is 23.0 Å². The second-order valence-corrected chi connectivity index (χ2v) is 38.9. The Balaban J connectivity index is 0.000000106. The first kappa shape index (κ1) is 97.4. The molecule has 0 fully saturated rings. The van der Waals surface area contributed by atoms with E-state index in [9.17, 15) is 27.9 Å². The highest BCUT2D eigenvalue weighted by Crippen LogP contribution is 2.46. The molecule has 7 unspecified atom stereocenters. The second kappa shape index (κ2) is 43.3. The fourth-order valence-corrected chi connectivity index (χ4v) is 22.0. The Labute approximate surface area is 854 Å². The Kier molecular flexibility index (Phi) is 29.3. The van der Waals surface area contributed by atoms with Gasteiger partial charge in [0.25, 0.3) is 0 Å². The number of hydrogen-bond acceptors (Lipinski definition) is 11. The third-order valence-corrected chi connectivity index (χ3v) is 29.2. The number of nitrogens with one attached hydrogen (secondary N) is 12. The molecule has 0 radical (unpaired) electrons. The average Bonchev–Trinajstić information content (AvgIpc) is 1.47. The van der Waals surface area contributed by atoms with Crippen molar-refractivity contribution in [1.29, 1.82) is 0 Å². The molecule has 732 valence electrons. The minimum absolute atomic E-state index is 0.105. The summed E-state index contributed by atoms with van der Waals surface area (Å²) in [7, 11) is 5.00. The van der Waals surface area contributed by atoms with E-state index in [1.165, 1.54) is 95.2 Å². The first-order valence-corrected chi connectivity index (χ1v) is 50.4. The van der Waals surface area contributed by atoms with Crippen LogP contribution in [0.15, 0.2) is 308 Å². The highest BCUT2D eigenvalue weighted by Gasteiger charge is 2.39. The molecule has 25 rings (SSSR count). The Hall–Kier alpha value is -14.0. The number of aromatic amines is 6. The summed E-state index contributed by atoms with van der Waals surface area (Å²) in [6.45, 7) is 7.13. The molecule has 0 spiro atoms.